The van der Waals surface area contributed by atoms with Crippen molar-refractivity contribution < 1.29 is 30.3 Å². The first-order valence-electron chi connectivity index (χ1n) is 4.58. The van der Waals surface area contributed by atoms with Crippen molar-refractivity contribution in [3.8, 4) is 17.2 Å². The molecule has 0 amide bonds. The summed E-state index contributed by atoms with van der Waals surface area (Å²) in [5.74, 6) is -0.949. The predicted molar refractivity (Wildman–Crippen MR) is 54.4 cm³/mol. The summed E-state index contributed by atoms with van der Waals surface area (Å²) in [5, 5.41) is 46.1. The zero-order chi connectivity index (χ0) is 12.3. The van der Waals surface area contributed by atoms with Crippen LogP contribution in [-0.4, -0.2) is 45.4 Å². The van der Waals surface area contributed by atoms with Crippen molar-refractivity contribution in [2.45, 2.75) is 12.2 Å². The zero-order valence-corrected chi connectivity index (χ0v) is 8.66. The largest absolute Gasteiger partial charge is 0.504 e. The molecule has 2 unspecified atom stereocenters. The summed E-state index contributed by atoms with van der Waals surface area (Å²) in [5.41, 5.74) is 0.133. The van der Waals surface area contributed by atoms with E-state index in [1.54, 1.807) is 0 Å². The van der Waals surface area contributed by atoms with Gasteiger partial charge in [0.05, 0.1) is 13.7 Å². The molecule has 0 radical (unpaired) electrons. The minimum atomic E-state index is -1.37. The molecule has 6 nitrogen and oxygen atoms in total. The van der Waals surface area contributed by atoms with Crippen LogP contribution in [0.15, 0.2) is 12.1 Å². The monoisotopic (exact) mass is 230 g/mol. The van der Waals surface area contributed by atoms with Crippen molar-refractivity contribution in [3.05, 3.63) is 17.7 Å². The number of aromatic hydroxyl groups is 2. The lowest BCUT2D eigenvalue weighted by atomic mass is 10.0. The van der Waals surface area contributed by atoms with Crippen LogP contribution in [0, 0.1) is 0 Å². The molecule has 90 valence electrons. The smallest absolute Gasteiger partial charge is 0.200 e. The van der Waals surface area contributed by atoms with Gasteiger partial charge in [-0.05, 0) is 17.7 Å². The van der Waals surface area contributed by atoms with Gasteiger partial charge in [0, 0.05) is 0 Å². The van der Waals surface area contributed by atoms with E-state index in [0.717, 1.165) is 6.07 Å². The maximum atomic E-state index is 9.57. The quantitative estimate of drug-likeness (QED) is 0.446. The summed E-state index contributed by atoms with van der Waals surface area (Å²) in [6.07, 6.45) is -2.74. The molecule has 0 fully saturated rings. The standard InChI is InChI=1S/C10H14O6/c1-16-8-3-5(2-6(12)10(8)15)9(14)7(13)4-11/h2-3,7,9,11-15H,4H2,1H3. The van der Waals surface area contributed by atoms with Gasteiger partial charge in [-0.3, -0.25) is 0 Å². The number of hydrogen-bond acceptors (Lipinski definition) is 6. The third kappa shape index (κ3) is 2.35. The number of hydrogen-bond donors (Lipinski definition) is 5. The lowest BCUT2D eigenvalue weighted by molar-refractivity contribution is -0.0154. The molecular weight excluding hydrogens is 216 g/mol. The van der Waals surface area contributed by atoms with Crippen molar-refractivity contribution in [2.75, 3.05) is 13.7 Å². The summed E-state index contributed by atoms with van der Waals surface area (Å²) >= 11 is 0. The number of methoxy groups -OCH3 is 1. The molecule has 0 spiro atoms. The number of phenols is 2. The minimum Gasteiger partial charge on any atom is -0.504 e. The van der Waals surface area contributed by atoms with Crippen LogP contribution in [0.5, 0.6) is 17.2 Å². The van der Waals surface area contributed by atoms with Gasteiger partial charge in [0.15, 0.2) is 11.5 Å². The van der Waals surface area contributed by atoms with Crippen LogP contribution in [0.25, 0.3) is 0 Å². The first-order chi connectivity index (χ1) is 7.51. The highest BCUT2D eigenvalue weighted by Crippen LogP contribution is 2.38. The van der Waals surface area contributed by atoms with E-state index < -0.39 is 30.3 Å². The predicted octanol–water partition coefficient (Wildman–Crippen LogP) is -0.507. The van der Waals surface area contributed by atoms with Gasteiger partial charge < -0.3 is 30.3 Å². The Morgan fingerprint density at radius 3 is 2.38 bits per heavy atom. The van der Waals surface area contributed by atoms with Crippen LogP contribution in [-0.2, 0) is 0 Å². The minimum absolute atomic E-state index is 0.0285. The second kappa shape index (κ2) is 5.02. The highest BCUT2D eigenvalue weighted by molar-refractivity contribution is 5.52. The molecule has 0 saturated heterocycles. The Morgan fingerprint density at radius 2 is 1.88 bits per heavy atom. The summed E-state index contributed by atoms with van der Waals surface area (Å²) in [4.78, 5) is 0. The Labute approximate surface area is 92.0 Å². The molecule has 1 aromatic rings. The molecular formula is C10H14O6. The van der Waals surface area contributed by atoms with Gasteiger partial charge in [-0.25, -0.2) is 0 Å². The average molecular weight is 230 g/mol. The number of phenolic OH excluding ortho intramolecular Hbond substituents is 2. The molecule has 0 saturated carbocycles. The molecule has 0 aliphatic heterocycles. The third-order valence-electron chi connectivity index (χ3n) is 2.19. The molecule has 0 aliphatic rings. The van der Waals surface area contributed by atoms with E-state index in [2.05, 4.69) is 0 Å². The lowest BCUT2D eigenvalue weighted by Crippen LogP contribution is -2.22. The molecule has 0 aromatic heterocycles. The topological polar surface area (TPSA) is 110 Å². The normalized spacial score (nSPS) is 14.5. The summed E-state index contributed by atoms with van der Waals surface area (Å²) in [7, 11) is 1.28. The van der Waals surface area contributed by atoms with Crippen LogP contribution < -0.4 is 4.74 Å². The SMILES string of the molecule is COc1cc(C(O)C(O)CO)cc(O)c1O. The van der Waals surface area contributed by atoms with Crippen molar-refractivity contribution in [1.82, 2.24) is 0 Å². The van der Waals surface area contributed by atoms with E-state index in [1.807, 2.05) is 0 Å². The second-order valence-electron chi connectivity index (χ2n) is 3.29. The highest BCUT2D eigenvalue weighted by Gasteiger charge is 2.20. The molecule has 16 heavy (non-hydrogen) atoms. The lowest BCUT2D eigenvalue weighted by Gasteiger charge is -2.17. The van der Waals surface area contributed by atoms with Crippen molar-refractivity contribution in [2.24, 2.45) is 0 Å². The molecule has 1 aromatic carbocycles. The molecule has 2 atom stereocenters. The van der Waals surface area contributed by atoms with Crippen LogP contribution in [0.1, 0.15) is 11.7 Å². The van der Waals surface area contributed by atoms with Gasteiger partial charge in [-0.1, -0.05) is 0 Å². The van der Waals surface area contributed by atoms with Gasteiger partial charge in [-0.15, -0.1) is 0 Å². The van der Waals surface area contributed by atoms with Crippen LogP contribution >= 0.6 is 0 Å². The van der Waals surface area contributed by atoms with Gasteiger partial charge in [0.2, 0.25) is 5.75 Å². The molecule has 5 N–H and O–H groups in total. The van der Waals surface area contributed by atoms with Crippen molar-refractivity contribution in [3.63, 3.8) is 0 Å². The first-order valence-corrected chi connectivity index (χ1v) is 4.58. The van der Waals surface area contributed by atoms with Gasteiger partial charge in [0.25, 0.3) is 0 Å². The molecule has 0 aliphatic carbocycles. The Balaban J connectivity index is 3.10. The van der Waals surface area contributed by atoms with E-state index in [4.69, 9.17) is 9.84 Å². The van der Waals surface area contributed by atoms with Gasteiger partial charge >= 0.3 is 0 Å². The molecule has 1 rings (SSSR count). The van der Waals surface area contributed by atoms with Crippen molar-refractivity contribution in [1.29, 1.82) is 0 Å². The Bertz CT molecular complexity index is 365. The number of aliphatic hydroxyl groups excluding tert-OH is 3. The number of rotatable bonds is 4. The van der Waals surface area contributed by atoms with E-state index in [1.165, 1.54) is 13.2 Å². The van der Waals surface area contributed by atoms with E-state index in [0.29, 0.717) is 0 Å². The summed E-state index contributed by atoms with van der Waals surface area (Å²) in [6, 6.07) is 2.35. The Hall–Kier alpha value is -1.50. The maximum Gasteiger partial charge on any atom is 0.200 e. The Morgan fingerprint density at radius 1 is 1.25 bits per heavy atom. The van der Waals surface area contributed by atoms with Crippen LogP contribution in [0.2, 0.25) is 0 Å². The van der Waals surface area contributed by atoms with Crippen molar-refractivity contribution >= 4 is 0 Å². The fraction of sp³-hybridized carbons (Fsp3) is 0.400. The fourth-order valence-electron chi connectivity index (χ4n) is 1.26. The van der Waals surface area contributed by atoms with Gasteiger partial charge in [-0.2, -0.15) is 0 Å². The molecule has 0 heterocycles. The van der Waals surface area contributed by atoms with E-state index >= 15 is 0 Å². The summed E-state index contributed by atoms with van der Waals surface area (Å²) < 4.78 is 4.76. The van der Waals surface area contributed by atoms with Crippen LogP contribution in [0.4, 0.5) is 0 Å². The number of ether oxygens (including phenoxy) is 1. The first kappa shape index (κ1) is 12.6. The number of aliphatic hydroxyl groups is 3. The fourth-order valence-corrected chi connectivity index (χ4v) is 1.26. The van der Waals surface area contributed by atoms with Gasteiger partial charge in [0.1, 0.15) is 12.2 Å². The molecule has 0 bridgehead atoms. The average Bonchev–Trinajstić information content (AvgIpc) is 2.30. The van der Waals surface area contributed by atoms with Crippen LogP contribution in [0.3, 0.4) is 0 Å². The Kier molecular flexibility index (Phi) is 3.94. The summed E-state index contributed by atoms with van der Waals surface area (Å²) in [6.45, 7) is -0.620. The van der Waals surface area contributed by atoms with E-state index in [9.17, 15) is 20.4 Å². The zero-order valence-electron chi connectivity index (χ0n) is 8.66. The number of benzene rings is 1. The third-order valence-corrected chi connectivity index (χ3v) is 2.19. The van der Waals surface area contributed by atoms with E-state index in [-0.39, 0.29) is 11.3 Å². The maximum absolute atomic E-state index is 9.57. The second-order valence-corrected chi connectivity index (χ2v) is 3.29. The highest BCUT2D eigenvalue weighted by atomic mass is 16.5. The molecule has 6 heteroatoms.